The van der Waals surface area contributed by atoms with Crippen LogP contribution >= 0.6 is 11.3 Å². The zero-order valence-electron chi connectivity index (χ0n) is 15.7. The summed E-state index contributed by atoms with van der Waals surface area (Å²) >= 11 is 1.56. The first-order chi connectivity index (χ1) is 12.9. The van der Waals surface area contributed by atoms with Crippen LogP contribution in [0.4, 0.5) is 0 Å². The van der Waals surface area contributed by atoms with Crippen LogP contribution in [0, 0.1) is 0 Å². The summed E-state index contributed by atoms with van der Waals surface area (Å²) in [5, 5.41) is 9.76. The van der Waals surface area contributed by atoms with E-state index in [9.17, 15) is 4.79 Å². The minimum Gasteiger partial charge on any atom is -0.356 e. The van der Waals surface area contributed by atoms with Crippen molar-refractivity contribution < 1.29 is 9.32 Å². The summed E-state index contributed by atoms with van der Waals surface area (Å²) in [5.74, 6) is 1.21. The maximum Gasteiger partial charge on any atom is 0.232 e. The van der Waals surface area contributed by atoms with Crippen LogP contribution in [0.3, 0.4) is 0 Å². The van der Waals surface area contributed by atoms with Crippen LogP contribution in [0.2, 0.25) is 0 Å². The van der Waals surface area contributed by atoms with Crippen LogP contribution in [0.5, 0.6) is 0 Å². The van der Waals surface area contributed by atoms with Crippen LogP contribution in [-0.4, -0.2) is 32.6 Å². The molecule has 0 bridgehead atoms. The fourth-order valence-electron chi connectivity index (χ4n) is 2.35. The van der Waals surface area contributed by atoms with Crippen molar-refractivity contribution >= 4 is 17.2 Å². The molecule has 0 unspecified atom stereocenters. The molecular formula is C19H23N5O2S. The monoisotopic (exact) mass is 385 g/mol. The van der Waals surface area contributed by atoms with E-state index in [0.717, 1.165) is 16.3 Å². The number of aromatic nitrogens is 4. The predicted octanol–water partition coefficient (Wildman–Crippen LogP) is 3.18. The SMILES string of the molecule is CC(C)(C)c1nc(CCNC(=O)CCc2csc(-c3cccnc3)n2)no1. The Bertz CT molecular complexity index is 883. The van der Waals surface area contributed by atoms with E-state index in [1.165, 1.54) is 0 Å². The van der Waals surface area contributed by atoms with Crippen molar-refractivity contribution in [3.8, 4) is 10.6 Å². The van der Waals surface area contributed by atoms with Crippen molar-refractivity contribution in [2.75, 3.05) is 6.54 Å². The number of thiazole rings is 1. The van der Waals surface area contributed by atoms with Crippen LogP contribution < -0.4 is 5.32 Å². The Morgan fingerprint density at radius 1 is 1.26 bits per heavy atom. The molecule has 0 fully saturated rings. The van der Waals surface area contributed by atoms with Crippen LogP contribution in [0.1, 0.15) is 44.6 Å². The second-order valence-electron chi connectivity index (χ2n) is 7.25. The largest absolute Gasteiger partial charge is 0.356 e. The molecule has 0 saturated carbocycles. The second kappa shape index (κ2) is 8.39. The van der Waals surface area contributed by atoms with Crippen LogP contribution in [0.15, 0.2) is 34.4 Å². The normalized spacial score (nSPS) is 11.5. The van der Waals surface area contributed by atoms with Gasteiger partial charge in [-0.1, -0.05) is 25.9 Å². The van der Waals surface area contributed by atoms with Gasteiger partial charge in [0.1, 0.15) is 5.01 Å². The summed E-state index contributed by atoms with van der Waals surface area (Å²) in [4.78, 5) is 25.1. The molecule has 0 aromatic carbocycles. The molecule has 8 heteroatoms. The van der Waals surface area contributed by atoms with E-state index < -0.39 is 0 Å². The van der Waals surface area contributed by atoms with Gasteiger partial charge in [0.2, 0.25) is 11.8 Å². The summed E-state index contributed by atoms with van der Waals surface area (Å²) < 4.78 is 5.25. The van der Waals surface area contributed by atoms with Gasteiger partial charge in [-0.15, -0.1) is 11.3 Å². The zero-order valence-corrected chi connectivity index (χ0v) is 16.5. The Hall–Kier alpha value is -2.61. The maximum atomic E-state index is 12.0. The number of nitrogens with one attached hydrogen (secondary N) is 1. The lowest BCUT2D eigenvalue weighted by atomic mass is 9.97. The van der Waals surface area contributed by atoms with Gasteiger partial charge in [-0.3, -0.25) is 9.78 Å². The molecule has 27 heavy (non-hydrogen) atoms. The van der Waals surface area contributed by atoms with E-state index in [0.29, 0.717) is 37.5 Å². The Morgan fingerprint density at radius 2 is 2.11 bits per heavy atom. The molecule has 3 heterocycles. The first kappa shape index (κ1) is 19.2. The van der Waals surface area contributed by atoms with Crippen molar-refractivity contribution in [3.63, 3.8) is 0 Å². The highest BCUT2D eigenvalue weighted by molar-refractivity contribution is 7.13. The van der Waals surface area contributed by atoms with Gasteiger partial charge in [0.25, 0.3) is 0 Å². The van der Waals surface area contributed by atoms with Crippen LogP contribution in [-0.2, 0) is 23.1 Å². The summed E-state index contributed by atoms with van der Waals surface area (Å²) in [6.07, 6.45) is 5.08. The Morgan fingerprint density at radius 3 is 2.81 bits per heavy atom. The van der Waals surface area contributed by atoms with E-state index in [2.05, 4.69) is 25.4 Å². The molecule has 142 valence electrons. The number of hydrogen-bond donors (Lipinski definition) is 1. The summed E-state index contributed by atoms with van der Waals surface area (Å²) in [5.41, 5.74) is 1.74. The molecule has 0 aliphatic heterocycles. The number of hydrogen-bond acceptors (Lipinski definition) is 7. The molecule has 0 aliphatic carbocycles. The van der Waals surface area contributed by atoms with Crippen molar-refractivity contribution in [3.05, 3.63) is 47.3 Å². The molecule has 7 nitrogen and oxygen atoms in total. The van der Waals surface area contributed by atoms with Gasteiger partial charge in [-0.2, -0.15) is 4.98 Å². The summed E-state index contributed by atoms with van der Waals surface area (Å²) in [6, 6.07) is 3.86. The molecule has 0 radical (unpaired) electrons. The van der Waals surface area contributed by atoms with Gasteiger partial charge in [0, 0.05) is 48.1 Å². The van der Waals surface area contributed by atoms with Crippen molar-refractivity contribution in [2.24, 2.45) is 0 Å². The highest BCUT2D eigenvalue weighted by Crippen LogP contribution is 2.23. The lowest BCUT2D eigenvalue weighted by molar-refractivity contribution is -0.121. The molecule has 0 aliphatic rings. The smallest absolute Gasteiger partial charge is 0.232 e. The molecule has 1 amide bonds. The lowest BCUT2D eigenvalue weighted by Crippen LogP contribution is -2.26. The van der Waals surface area contributed by atoms with Crippen LogP contribution in [0.25, 0.3) is 10.6 Å². The Kier molecular flexibility index (Phi) is 5.95. The van der Waals surface area contributed by atoms with Gasteiger partial charge >= 0.3 is 0 Å². The quantitative estimate of drug-likeness (QED) is 0.671. The lowest BCUT2D eigenvalue weighted by Gasteiger charge is -2.10. The molecule has 0 spiro atoms. The van der Waals surface area contributed by atoms with Crippen molar-refractivity contribution in [2.45, 2.75) is 45.4 Å². The van der Waals surface area contributed by atoms with Gasteiger partial charge in [0.05, 0.1) is 5.69 Å². The maximum absolute atomic E-state index is 12.0. The average Bonchev–Trinajstić information content (AvgIpc) is 3.30. The predicted molar refractivity (Wildman–Crippen MR) is 103 cm³/mol. The first-order valence-electron chi connectivity index (χ1n) is 8.86. The fourth-order valence-corrected chi connectivity index (χ4v) is 3.19. The third-order valence-corrected chi connectivity index (χ3v) is 4.79. The number of amides is 1. The molecule has 1 N–H and O–H groups in total. The van der Waals surface area contributed by atoms with Gasteiger partial charge in [0.15, 0.2) is 5.82 Å². The second-order valence-corrected chi connectivity index (χ2v) is 8.11. The molecule has 3 rings (SSSR count). The van der Waals surface area contributed by atoms with E-state index >= 15 is 0 Å². The van der Waals surface area contributed by atoms with E-state index in [1.54, 1.807) is 23.7 Å². The topological polar surface area (TPSA) is 93.8 Å². The average molecular weight is 385 g/mol. The molecule has 3 aromatic heterocycles. The zero-order chi connectivity index (χ0) is 19.3. The van der Waals surface area contributed by atoms with Gasteiger partial charge in [-0.25, -0.2) is 4.98 Å². The summed E-state index contributed by atoms with van der Waals surface area (Å²) in [7, 11) is 0. The summed E-state index contributed by atoms with van der Waals surface area (Å²) in [6.45, 7) is 6.54. The third-order valence-electron chi connectivity index (χ3n) is 3.85. The Labute approximate surface area is 162 Å². The van der Waals surface area contributed by atoms with E-state index in [4.69, 9.17) is 4.52 Å². The third kappa shape index (κ3) is 5.43. The molecule has 0 saturated heterocycles. The van der Waals surface area contributed by atoms with Gasteiger partial charge < -0.3 is 9.84 Å². The fraction of sp³-hybridized carbons (Fsp3) is 0.421. The molecule has 3 aromatic rings. The number of rotatable bonds is 7. The Balaban J connectivity index is 1.41. The van der Waals surface area contributed by atoms with Crippen molar-refractivity contribution in [1.29, 1.82) is 0 Å². The number of aryl methyl sites for hydroxylation is 1. The minimum atomic E-state index is -0.170. The molecule has 0 atom stereocenters. The number of nitrogens with zero attached hydrogens (tertiary/aromatic N) is 4. The number of carbonyl (C=O) groups is 1. The van der Waals surface area contributed by atoms with E-state index in [1.807, 2.05) is 38.3 Å². The minimum absolute atomic E-state index is 0.00883. The highest BCUT2D eigenvalue weighted by Gasteiger charge is 2.21. The van der Waals surface area contributed by atoms with Crippen molar-refractivity contribution in [1.82, 2.24) is 25.4 Å². The number of pyridine rings is 1. The number of carbonyl (C=O) groups excluding carboxylic acids is 1. The van der Waals surface area contributed by atoms with Gasteiger partial charge in [-0.05, 0) is 18.6 Å². The van der Waals surface area contributed by atoms with E-state index in [-0.39, 0.29) is 11.3 Å². The molecular weight excluding hydrogens is 362 g/mol. The standard InChI is InChI=1S/C19H23N5O2S/c1-19(2,3)18-23-15(24-26-18)8-10-21-16(25)7-6-14-12-27-17(22-14)13-5-4-9-20-11-13/h4-5,9,11-12H,6-8,10H2,1-3H3,(H,21,25). The first-order valence-corrected chi connectivity index (χ1v) is 9.74. The highest BCUT2D eigenvalue weighted by atomic mass is 32.1.